The van der Waals surface area contributed by atoms with Crippen LogP contribution in [-0.2, 0) is 0 Å². The van der Waals surface area contributed by atoms with Crippen LogP contribution in [0.25, 0.3) is 32.9 Å². The van der Waals surface area contributed by atoms with Gasteiger partial charge in [-0.05, 0) is 17.5 Å². The molecule has 1 aromatic heterocycles. The summed E-state index contributed by atoms with van der Waals surface area (Å²) in [7, 11) is 0. The summed E-state index contributed by atoms with van der Waals surface area (Å²) in [6.07, 6.45) is 0. The Bertz CT molecular complexity index is 1070. The Morgan fingerprint density at radius 2 is 1.77 bits per heavy atom. The van der Waals surface area contributed by atoms with Gasteiger partial charge < -0.3 is 10.7 Å². The Kier molecular flexibility index (Phi) is 2.69. The van der Waals surface area contributed by atoms with Crippen molar-refractivity contribution in [2.75, 3.05) is 5.73 Å². The molecule has 0 spiro atoms. The van der Waals surface area contributed by atoms with E-state index in [0.29, 0.717) is 11.4 Å². The quantitative estimate of drug-likeness (QED) is 0.416. The Labute approximate surface area is 126 Å². The second-order valence-corrected chi connectivity index (χ2v) is 5.23. The lowest BCUT2D eigenvalue weighted by atomic mass is 10.0. The molecule has 0 amide bonds. The molecule has 0 radical (unpaired) electrons. The number of nitrogens with one attached hydrogen (secondary N) is 1. The van der Waals surface area contributed by atoms with Crippen LogP contribution >= 0.6 is 0 Å². The number of nitrogens with two attached hydrogens (primary N) is 1. The van der Waals surface area contributed by atoms with E-state index in [-0.39, 0.29) is 5.69 Å². The van der Waals surface area contributed by atoms with E-state index in [9.17, 15) is 4.79 Å². The third kappa shape index (κ3) is 1.93. The van der Waals surface area contributed by atoms with Gasteiger partial charge in [-0.15, -0.1) is 0 Å². The SMILES string of the molecule is Nc1cccc(-c2nc(=O)[nH]c3c2ccc2ccccc23)c1. The van der Waals surface area contributed by atoms with Crippen LogP contribution in [0, 0.1) is 0 Å². The third-order valence-corrected chi connectivity index (χ3v) is 3.79. The van der Waals surface area contributed by atoms with Crippen molar-refractivity contribution in [2.24, 2.45) is 0 Å². The molecule has 0 saturated heterocycles. The number of fused-ring (bicyclic) bond motifs is 3. The molecule has 106 valence electrons. The van der Waals surface area contributed by atoms with Crippen molar-refractivity contribution < 1.29 is 0 Å². The number of hydrogen-bond acceptors (Lipinski definition) is 3. The normalized spacial score (nSPS) is 11.1. The van der Waals surface area contributed by atoms with Gasteiger partial charge in [0.05, 0.1) is 11.2 Å². The maximum atomic E-state index is 12.0. The molecule has 0 aliphatic rings. The molecule has 1 heterocycles. The summed E-state index contributed by atoms with van der Waals surface area (Å²) in [5.74, 6) is 0. The molecule has 0 unspecified atom stereocenters. The van der Waals surface area contributed by atoms with E-state index in [4.69, 9.17) is 5.73 Å². The molecule has 3 N–H and O–H groups in total. The average molecular weight is 287 g/mol. The lowest BCUT2D eigenvalue weighted by molar-refractivity contribution is 1.13. The van der Waals surface area contributed by atoms with E-state index in [1.54, 1.807) is 0 Å². The zero-order valence-electron chi connectivity index (χ0n) is 11.7. The fourth-order valence-electron chi connectivity index (χ4n) is 2.81. The van der Waals surface area contributed by atoms with Gasteiger partial charge in [0.1, 0.15) is 0 Å². The van der Waals surface area contributed by atoms with Crippen LogP contribution in [0.3, 0.4) is 0 Å². The maximum Gasteiger partial charge on any atom is 0.345 e. The van der Waals surface area contributed by atoms with E-state index in [2.05, 4.69) is 9.97 Å². The summed E-state index contributed by atoms with van der Waals surface area (Å²) in [4.78, 5) is 19.0. The van der Waals surface area contributed by atoms with Crippen molar-refractivity contribution in [3.8, 4) is 11.3 Å². The van der Waals surface area contributed by atoms with Gasteiger partial charge in [-0.25, -0.2) is 4.79 Å². The topological polar surface area (TPSA) is 71.8 Å². The average Bonchev–Trinajstić information content (AvgIpc) is 2.54. The van der Waals surface area contributed by atoms with Crippen LogP contribution in [0.4, 0.5) is 5.69 Å². The molecule has 0 atom stereocenters. The van der Waals surface area contributed by atoms with Crippen molar-refractivity contribution in [3.63, 3.8) is 0 Å². The Morgan fingerprint density at radius 1 is 0.909 bits per heavy atom. The number of nitrogen functional groups attached to an aromatic ring is 1. The number of hydrogen-bond donors (Lipinski definition) is 2. The van der Waals surface area contributed by atoms with Gasteiger partial charge in [0.15, 0.2) is 0 Å². The first-order valence-corrected chi connectivity index (χ1v) is 7.00. The van der Waals surface area contributed by atoms with E-state index < -0.39 is 0 Å². The first kappa shape index (κ1) is 12.6. The van der Waals surface area contributed by atoms with E-state index in [1.807, 2.05) is 60.7 Å². The Hall–Kier alpha value is -3.14. The molecule has 4 nitrogen and oxygen atoms in total. The van der Waals surface area contributed by atoms with E-state index in [1.165, 1.54) is 0 Å². The number of aromatic amines is 1. The third-order valence-electron chi connectivity index (χ3n) is 3.79. The predicted octanol–water partition coefficient (Wildman–Crippen LogP) is 3.33. The zero-order valence-corrected chi connectivity index (χ0v) is 11.7. The standard InChI is InChI=1S/C18H13N3O/c19-13-6-3-5-12(10-13)16-15-9-8-11-4-1-2-7-14(11)17(15)21-18(22)20-16/h1-10H,19H2,(H,20,21,22). The first-order valence-electron chi connectivity index (χ1n) is 7.00. The predicted molar refractivity (Wildman–Crippen MR) is 89.7 cm³/mol. The molecule has 0 bridgehead atoms. The summed E-state index contributed by atoms with van der Waals surface area (Å²) in [6, 6.07) is 19.4. The van der Waals surface area contributed by atoms with Crippen LogP contribution in [0.5, 0.6) is 0 Å². The van der Waals surface area contributed by atoms with Crippen molar-refractivity contribution in [2.45, 2.75) is 0 Å². The maximum absolute atomic E-state index is 12.0. The minimum absolute atomic E-state index is 0.360. The van der Waals surface area contributed by atoms with Crippen LogP contribution in [0.1, 0.15) is 0 Å². The second kappa shape index (κ2) is 4.70. The molecule has 0 aliphatic carbocycles. The first-order chi connectivity index (χ1) is 10.7. The molecular weight excluding hydrogens is 274 g/mol. The van der Waals surface area contributed by atoms with Gasteiger partial charge in [0.2, 0.25) is 0 Å². The number of rotatable bonds is 1. The minimum atomic E-state index is -0.360. The molecule has 3 aromatic carbocycles. The van der Waals surface area contributed by atoms with Crippen LogP contribution < -0.4 is 11.4 Å². The van der Waals surface area contributed by atoms with E-state index >= 15 is 0 Å². The Morgan fingerprint density at radius 3 is 2.64 bits per heavy atom. The highest BCUT2D eigenvalue weighted by Crippen LogP contribution is 2.29. The molecule has 0 aliphatic heterocycles. The lowest BCUT2D eigenvalue weighted by Crippen LogP contribution is -2.11. The smallest absolute Gasteiger partial charge is 0.345 e. The number of anilines is 1. The zero-order chi connectivity index (χ0) is 15.1. The molecule has 0 fully saturated rings. The monoisotopic (exact) mass is 287 g/mol. The molecule has 4 rings (SSSR count). The highest BCUT2D eigenvalue weighted by Gasteiger charge is 2.10. The molecule has 22 heavy (non-hydrogen) atoms. The van der Waals surface area contributed by atoms with Gasteiger partial charge >= 0.3 is 5.69 Å². The molecule has 0 saturated carbocycles. The Balaban J connectivity index is 2.16. The number of benzene rings is 3. The number of H-pyrrole nitrogens is 1. The van der Waals surface area contributed by atoms with Gasteiger partial charge in [-0.1, -0.05) is 48.5 Å². The van der Waals surface area contributed by atoms with Crippen molar-refractivity contribution >= 4 is 27.4 Å². The van der Waals surface area contributed by atoms with Crippen molar-refractivity contribution in [1.82, 2.24) is 9.97 Å². The highest BCUT2D eigenvalue weighted by atomic mass is 16.1. The van der Waals surface area contributed by atoms with Crippen LogP contribution in [0.15, 0.2) is 65.5 Å². The molecular formula is C18H13N3O. The van der Waals surface area contributed by atoms with Crippen LogP contribution in [-0.4, -0.2) is 9.97 Å². The van der Waals surface area contributed by atoms with Gasteiger partial charge in [0.25, 0.3) is 0 Å². The number of nitrogens with zero attached hydrogens (tertiary/aromatic N) is 1. The van der Waals surface area contributed by atoms with Gasteiger partial charge in [-0.3, -0.25) is 0 Å². The fraction of sp³-hybridized carbons (Fsp3) is 0. The van der Waals surface area contributed by atoms with E-state index in [0.717, 1.165) is 27.2 Å². The number of aromatic nitrogens is 2. The fourth-order valence-corrected chi connectivity index (χ4v) is 2.81. The van der Waals surface area contributed by atoms with Gasteiger partial charge in [0, 0.05) is 22.0 Å². The second-order valence-electron chi connectivity index (χ2n) is 5.23. The van der Waals surface area contributed by atoms with Gasteiger partial charge in [-0.2, -0.15) is 4.98 Å². The molecule has 4 heteroatoms. The lowest BCUT2D eigenvalue weighted by Gasteiger charge is -2.08. The van der Waals surface area contributed by atoms with Crippen LogP contribution in [0.2, 0.25) is 0 Å². The highest BCUT2D eigenvalue weighted by molar-refractivity contribution is 6.08. The minimum Gasteiger partial charge on any atom is -0.399 e. The largest absolute Gasteiger partial charge is 0.399 e. The summed E-state index contributed by atoms with van der Waals surface area (Å²) < 4.78 is 0. The summed E-state index contributed by atoms with van der Waals surface area (Å²) in [5, 5.41) is 2.99. The summed E-state index contributed by atoms with van der Waals surface area (Å²) in [6.45, 7) is 0. The van der Waals surface area contributed by atoms with Crippen molar-refractivity contribution in [3.05, 3.63) is 71.1 Å². The summed E-state index contributed by atoms with van der Waals surface area (Å²) >= 11 is 0. The summed E-state index contributed by atoms with van der Waals surface area (Å²) in [5.41, 5.74) is 8.43. The molecule has 4 aromatic rings. The van der Waals surface area contributed by atoms with Crippen molar-refractivity contribution in [1.29, 1.82) is 0 Å².